The zero-order valence-corrected chi connectivity index (χ0v) is 43.4. The third-order valence-electron chi connectivity index (χ3n) is 11.8. The van der Waals surface area contributed by atoms with Crippen molar-refractivity contribution in [3.8, 4) is 0 Å². The molecule has 2 nitrogen and oxygen atoms in total. The molecule has 8 aromatic rings. The first kappa shape index (κ1) is 49.7. The molecule has 0 aliphatic carbocycles. The summed E-state index contributed by atoms with van der Waals surface area (Å²) in [5.74, 6) is 0. The van der Waals surface area contributed by atoms with Crippen molar-refractivity contribution in [1.82, 2.24) is 9.80 Å². The van der Waals surface area contributed by atoms with Crippen molar-refractivity contribution in [1.29, 1.82) is 0 Å². The van der Waals surface area contributed by atoms with Crippen molar-refractivity contribution in [2.24, 2.45) is 0 Å². The van der Waals surface area contributed by atoms with Crippen LogP contribution in [0.25, 0.3) is 0 Å². The summed E-state index contributed by atoms with van der Waals surface area (Å²) in [5, 5.41) is 8.64. The average Bonchev–Trinajstić information content (AvgIpc) is 3.88. The predicted octanol–water partition coefficient (Wildman–Crippen LogP) is 12.1. The van der Waals surface area contributed by atoms with Gasteiger partial charge in [-0.05, 0) is 132 Å². The second kappa shape index (κ2) is 22.2. The minimum atomic E-state index is -0.669. The number of benzene rings is 6. The summed E-state index contributed by atoms with van der Waals surface area (Å²) in [4.78, 5) is 4.68. The van der Waals surface area contributed by atoms with Crippen molar-refractivity contribution >= 4 is 47.7 Å². The van der Waals surface area contributed by atoms with Crippen LogP contribution in [0.5, 0.6) is 0 Å². The second-order valence-corrected chi connectivity index (χ2v) is 22.7. The number of aryl methyl sites for hydroxylation is 8. The molecule has 8 aromatic carbocycles. The minimum absolute atomic E-state index is 0. The molecule has 0 aromatic heterocycles. The van der Waals surface area contributed by atoms with E-state index >= 15 is 0 Å². The van der Waals surface area contributed by atoms with E-state index in [0.717, 1.165) is 0 Å². The molecule has 0 bridgehead atoms. The minimum Gasteiger partial charge on any atom is -0.309 e. The monoisotopic (exact) mass is 932 g/mol. The number of rotatable bonds is 12. The van der Waals surface area contributed by atoms with Crippen LogP contribution in [-0.2, 0) is 17.1 Å². The maximum atomic E-state index is 2.39. The summed E-state index contributed by atoms with van der Waals surface area (Å²) >= 11 is 0. The number of hydrogen-bond donors (Lipinski definition) is 0. The molecule has 2 atom stereocenters. The molecule has 0 aliphatic rings. The molecule has 334 valence electrons. The SMILES string of the molecule is Cc1cc(C)cc(P(c2cc(C)cc(C)c2)c2ccc[c-]2[C@@H](c2ccccc2)N(C)C)c1.Cc1cc(C)cc(P(c2cc(C)cc(C)c2)c2ccc[c-]2[C@@H](c2ccccc2)N(C)C)c1.[Fe+2]. The molecule has 0 saturated heterocycles. The van der Waals surface area contributed by atoms with Gasteiger partial charge in [-0.2, -0.15) is 12.1 Å². The molecule has 0 unspecified atom stereocenters. The van der Waals surface area contributed by atoms with E-state index in [1.165, 1.54) is 98.6 Å². The molecular weight excluding hydrogens is 866 g/mol. The fourth-order valence-corrected chi connectivity index (χ4v) is 15.4. The zero-order chi connectivity index (χ0) is 45.7. The van der Waals surface area contributed by atoms with Crippen LogP contribution in [0.4, 0.5) is 0 Å². The standard InChI is InChI=1S/2C30H33NP.Fe/c2*1-21-15-22(2)18-26(17-21)32(27-19-23(3)16-24(4)20-27)29-14-10-13-28(29)30(31(5)6)25-11-8-7-9-12-25;/h2*7-20,30H,1-6H3;/q2*-1;+2/t2*30-;/m11./s1. The Morgan fingerprint density at radius 1 is 0.338 bits per heavy atom. The van der Waals surface area contributed by atoms with Crippen molar-refractivity contribution in [3.63, 3.8) is 0 Å². The van der Waals surface area contributed by atoms with E-state index in [2.05, 4.69) is 263 Å². The Morgan fingerprint density at radius 2 is 0.585 bits per heavy atom. The Kier molecular flexibility index (Phi) is 17.0. The van der Waals surface area contributed by atoms with E-state index in [1.54, 1.807) is 0 Å². The van der Waals surface area contributed by atoms with E-state index in [9.17, 15) is 0 Å². The van der Waals surface area contributed by atoms with Crippen molar-refractivity contribution in [2.75, 3.05) is 28.2 Å². The van der Waals surface area contributed by atoms with Gasteiger partial charge in [0.25, 0.3) is 0 Å². The van der Waals surface area contributed by atoms with Crippen LogP contribution in [0, 0.1) is 55.4 Å². The summed E-state index contributed by atoms with van der Waals surface area (Å²) in [7, 11) is 7.40. The molecular formula is C60H66FeN2P2. The van der Waals surface area contributed by atoms with Gasteiger partial charge in [-0.1, -0.05) is 178 Å². The molecule has 5 heteroatoms. The Labute approximate surface area is 404 Å². The van der Waals surface area contributed by atoms with Crippen LogP contribution in [0.3, 0.4) is 0 Å². The molecule has 0 N–H and O–H groups in total. The number of nitrogens with zero attached hydrogens (tertiary/aromatic N) is 2. The Balaban J connectivity index is 0.000000212. The van der Waals surface area contributed by atoms with E-state index < -0.39 is 15.8 Å². The maximum Gasteiger partial charge on any atom is 2.00 e. The van der Waals surface area contributed by atoms with Gasteiger partial charge in [0, 0.05) is 12.1 Å². The molecule has 65 heavy (non-hydrogen) atoms. The van der Waals surface area contributed by atoms with Gasteiger partial charge in [-0.15, -0.1) is 21.7 Å². The first-order valence-corrected chi connectivity index (χ1v) is 25.2. The summed E-state index contributed by atoms with van der Waals surface area (Å²) in [6.07, 6.45) is 0. The van der Waals surface area contributed by atoms with E-state index in [0.29, 0.717) is 0 Å². The molecule has 0 aliphatic heterocycles. The van der Waals surface area contributed by atoms with Crippen LogP contribution < -0.4 is 31.8 Å². The molecule has 8 rings (SSSR count). The summed E-state index contributed by atoms with van der Waals surface area (Å²) in [6.45, 7) is 17.7. The molecule has 0 heterocycles. The Hall–Kier alpha value is -4.68. The van der Waals surface area contributed by atoms with Crippen molar-refractivity contribution < 1.29 is 17.1 Å². The summed E-state index contributed by atoms with van der Waals surface area (Å²) in [6, 6.07) is 64.3. The fourth-order valence-electron chi connectivity index (χ4n) is 9.67. The quantitative estimate of drug-likeness (QED) is 0.0684. The van der Waals surface area contributed by atoms with Crippen LogP contribution in [0.2, 0.25) is 0 Å². The van der Waals surface area contributed by atoms with Crippen LogP contribution in [0.15, 0.2) is 170 Å². The number of hydrogen-bond acceptors (Lipinski definition) is 2. The van der Waals surface area contributed by atoms with E-state index in [-0.39, 0.29) is 29.2 Å². The molecule has 0 radical (unpaired) electrons. The largest absolute Gasteiger partial charge is 2.00 e. The Bertz CT molecular complexity index is 2420. The van der Waals surface area contributed by atoms with E-state index in [1.807, 2.05) is 0 Å². The third-order valence-corrected chi connectivity index (χ3v) is 16.7. The van der Waals surface area contributed by atoms with Gasteiger partial charge < -0.3 is 9.80 Å². The van der Waals surface area contributed by atoms with Gasteiger partial charge in [-0.3, -0.25) is 0 Å². The zero-order valence-electron chi connectivity index (χ0n) is 40.5. The Morgan fingerprint density at radius 3 is 0.815 bits per heavy atom. The smallest absolute Gasteiger partial charge is 0.309 e. The van der Waals surface area contributed by atoms with E-state index in [4.69, 9.17) is 0 Å². The summed E-state index contributed by atoms with van der Waals surface area (Å²) < 4.78 is 0. The van der Waals surface area contributed by atoms with Gasteiger partial charge in [0.2, 0.25) is 0 Å². The fraction of sp³-hybridized carbons (Fsp3) is 0.233. The first-order valence-electron chi connectivity index (χ1n) is 22.5. The van der Waals surface area contributed by atoms with Crippen LogP contribution >= 0.6 is 15.8 Å². The normalized spacial score (nSPS) is 12.3. The topological polar surface area (TPSA) is 6.48 Å². The third kappa shape index (κ3) is 12.0. The van der Waals surface area contributed by atoms with Crippen molar-refractivity contribution in [3.05, 3.63) is 237 Å². The molecule has 0 fully saturated rings. The van der Waals surface area contributed by atoms with Gasteiger partial charge in [0.15, 0.2) is 0 Å². The predicted molar refractivity (Wildman–Crippen MR) is 283 cm³/mol. The van der Waals surface area contributed by atoms with Gasteiger partial charge >= 0.3 is 17.1 Å². The second-order valence-electron chi connectivity index (χ2n) is 18.3. The molecule has 0 saturated carbocycles. The first-order chi connectivity index (χ1) is 30.7. The van der Waals surface area contributed by atoms with Gasteiger partial charge in [-0.25, -0.2) is 24.3 Å². The van der Waals surface area contributed by atoms with Crippen LogP contribution in [0.1, 0.15) is 78.8 Å². The van der Waals surface area contributed by atoms with Crippen LogP contribution in [-0.4, -0.2) is 38.0 Å². The average molecular weight is 933 g/mol. The van der Waals surface area contributed by atoms with Gasteiger partial charge in [0.1, 0.15) is 0 Å². The van der Waals surface area contributed by atoms with Crippen molar-refractivity contribution in [2.45, 2.75) is 67.5 Å². The maximum absolute atomic E-state index is 2.39. The van der Waals surface area contributed by atoms with Gasteiger partial charge in [0.05, 0.1) is 0 Å². The summed E-state index contributed by atoms with van der Waals surface area (Å²) in [5.41, 5.74) is 16.1. The molecule has 0 amide bonds. The molecule has 0 spiro atoms.